The van der Waals surface area contributed by atoms with Crippen molar-refractivity contribution in [1.29, 1.82) is 0 Å². The van der Waals surface area contributed by atoms with Crippen molar-refractivity contribution in [2.75, 3.05) is 19.8 Å². The van der Waals surface area contributed by atoms with Gasteiger partial charge in [-0.3, -0.25) is 4.79 Å². The zero-order valence-electron chi connectivity index (χ0n) is 8.66. The van der Waals surface area contributed by atoms with Gasteiger partial charge in [0.2, 0.25) is 5.91 Å². The molecule has 0 aromatic heterocycles. The number of rotatable bonds is 1. The van der Waals surface area contributed by atoms with E-state index < -0.39 is 0 Å². The van der Waals surface area contributed by atoms with Gasteiger partial charge in [0.1, 0.15) is 0 Å². The molecule has 2 aliphatic rings. The van der Waals surface area contributed by atoms with Gasteiger partial charge < -0.3 is 9.64 Å². The molecule has 0 aromatic rings. The van der Waals surface area contributed by atoms with Crippen molar-refractivity contribution in [3.05, 3.63) is 12.2 Å². The van der Waals surface area contributed by atoms with E-state index in [-0.39, 0.29) is 11.4 Å². The summed E-state index contributed by atoms with van der Waals surface area (Å²) in [5.41, 5.74) is 0.0383. The largest absolute Gasteiger partial charge is 0.379 e. The van der Waals surface area contributed by atoms with Gasteiger partial charge in [-0.05, 0) is 32.3 Å². The summed E-state index contributed by atoms with van der Waals surface area (Å²) >= 11 is 0. The highest BCUT2D eigenvalue weighted by Crippen LogP contribution is 2.36. The van der Waals surface area contributed by atoms with Crippen molar-refractivity contribution in [1.82, 2.24) is 4.90 Å². The van der Waals surface area contributed by atoms with Crippen LogP contribution in [-0.2, 0) is 9.53 Å². The quantitative estimate of drug-likeness (QED) is 0.591. The molecule has 2 rings (SSSR count). The molecule has 2 heterocycles. The minimum atomic E-state index is 0.0383. The molecule has 2 fully saturated rings. The fraction of sp³-hybridized carbons (Fsp3) is 0.727. The Morgan fingerprint density at radius 3 is 3.00 bits per heavy atom. The second-order valence-corrected chi connectivity index (χ2v) is 4.12. The maximum Gasteiger partial charge on any atom is 0.246 e. The van der Waals surface area contributed by atoms with E-state index in [1.807, 2.05) is 17.9 Å². The Morgan fingerprint density at radius 2 is 2.36 bits per heavy atom. The Morgan fingerprint density at radius 1 is 1.50 bits per heavy atom. The first-order chi connectivity index (χ1) is 6.78. The van der Waals surface area contributed by atoms with Crippen molar-refractivity contribution in [2.24, 2.45) is 0 Å². The molecule has 1 amide bonds. The number of hydrogen-bond donors (Lipinski definition) is 0. The fourth-order valence-corrected chi connectivity index (χ4v) is 2.52. The zero-order valence-corrected chi connectivity index (χ0v) is 8.66. The molecule has 0 radical (unpaired) electrons. The molecule has 14 heavy (non-hydrogen) atoms. The second kappa shape index (κ2) is 3.73. The van der Waals surface area contributed by atoms with Crippen molar-refractivity contribution in [3.63, 3.8) is 0 Å². The van der Waals surface area contributed by atoms with E-state index in [9.17, 15) is 4.79 Å². The Hall–Kier alpha value is -0.830. The van der Waals surface area contributed by atoms with Gasteiger partial charge in [-0.1, -0.05) is 6.08 Å². The average molecular weight is 195 g/mol. The van der Waals surface area contributed by atoms with Gasteiger partial charge in [-0.15, -0.1) is 0 Å². The number of hydrogen-bond acceptors (Lipinski definition) is 2. The predicted octanol–water partition coefficient (Wildman–Crippen LogP) is 1.34. The lowest BCUT2D eigenvalue weighted by Crippen LogP contribution is -2.47. The molecule has 3 nitrogen and oxygen atoms in total. The van der Waals surface area contributed by atoms with Crippen LogP contribution in [0.4, 0.5) is 0 Å². The van der Waals surface area contributed by atoms with Gasteiger partial charge in [0.15, 0.2) is 0 Å². The van der Waals surface area contributed by atoms with Crippen molar-refractivity contribution >= 4 is 5.91 Å². The second-order valence-electron chi connectivity index (χ2n) is 4.12. The van der Waals surface area contributed by atoms with Crippen LogP contribution in [0.1, 0.15) is 26.2 Å². The molecule has 1 spiro atoms. The Bertz CT molecular complexity index is 249. The highest BCUT2D eigenvalue weighted by atomic mass is 16.5. The third-order valence-electron chi connectivity index (χ3n) is 3.25. The number of allylic oxidation sites excluding steroid dienone is 1. The number of likely N-dealkylation sites (tertiary alicyclic amines) is 1. The molecule has 2 saturated heterocycles. The fourth-order valence-electron chi connectivity index (χ4n) is 2.52. The maximum absolute atomic E-state index is 11.8. The van der Waals surface area contributed by atoms with Gasteiger partial charge in [-0.2, -0.15) is 0 Å². The van der Waals surface area contributed by atoms with Crippen molar-refractivity contribution < 1.29 is 9.53 Å². The van der Waals surface area contributed by atoms with Crippen LogP contribution >= 0.6 is 0 Å². The summed E-state index contributed by atoms with van der Waals surface area (Å²) in [4.78, 5) is 13.8. The summed E-state index contributed by atoms with van der Waals surface area (Å²) in [7, 11) is 0. The van der Waals surface area contributed by atoms with Gasteiger partial charge >= 0.3 is 0 Å². The number of carbonyl (C=O) groups is 1. The van der Waals surface area contributed by atoms with E-state index in [2.05, 4.69) is 0 Å². The predicted molar refractivity (Wildman–Crippen MR) is 53.9 cm³/mol. The first-order valence-electron chi connectivity index (χ1n) is 5.30. The number of amides is 1. The molecule has 78 valence electrons. The lowest BCUT2D eigenvalue weighted by atomic mass is 9.95. The third kappa shape index (κ3) is 1.46. The van der Waals surface area contributed by atoms with E-state index in [1.165, 1.54) is 0 Å². The van der Waals surface area contributed by atoms with Crippen LogP contribution in [0.3, 0.4) is 0 Å². The lowest BCUT2D eigenvalue weighted by Gasteiger charge is -2.32. The Balaban J connectivity index is 2.13. The normalized spacial score (nSPS) is 32.2. The minimum absolute atomic E-state index is 0.0383. The molecule has 0 saturated carbocycles. The van der Waals surface area contributed by atoms with Gasteiger partial charge in [0.05, 0.1) is 12.1 Å². The van der Waals surface area contributed by atoms with Crippen LogP contribution in [0.25, 0.3) is 0 Å². The summed E-state index contributed by atoms with van der Waals surface area (Å²) in [5, 5.41) is 0. The molecule has 1 unspecified atom stereocenters. The summed E-state index contributed by atoms with van der Waals surface area (Å²) in [5.74, 6) is 0.149. The van der Waals surface area contributed by atoms with E-state index in [0.717, 1.165) is 39.0 Å². The summed E-state index contributed by atoms with van der Waals surface area (Å²) in [6.45, 7) is 4.31. The molecule has 0 N–H and O–H groups in total. The monoisotopic (exact) mass is 195 g/mol. The van der Waals surface area contributed by atoms with Gasteiger partial charge in [-0.25, -0.2) is 0 Å². The Kier molecular flexibility index (Phi) is 2.59. The van der Waals surface area contributed by atoms with E-state index in [4.69, 9.17) is 4.74 Å². The van der Waals surface area contributed by atoms with Gasteiger partial charge in [0, 0.05) is 13.2 Å². The molecule has 0 aromatic carbocycles. The zero-order chi connectivity index (χ0) is 10.0. The molecule has 0 aliphatic carbocycles. The van der Waals surface area contributed by atoms with Crippen LogP contribution in [-0.4, -0.2) is 36.1 Å². The van der Waals surface area contributed by atoms with Crippen LogP contribution < -0.4 is 0 Å². The van der Waals surface area contributed by atoms with Crippen molar-refractivity contribution in [3.8, 4) is 0 Å². The Labute approximate surface area is 84.7 Å². The molecular formula is C11H17NO2. The third-order valence-corrected chi connectivity index (χ3v) is 3.25. The summed E-state index contributed by atoms with van der Waals surface area (Å²) < 4.78 is 5.42. The SMILES string of the molecule is C/C=C/C(=O)N1CCCC12CCOC2. The van der Waals surface area contributed by atoms with E-state index >= 15 is 0 Å². The molecule has 1 atom stereocenters. The maximum atomic E-state index is 11.8. The van der Waals surface area contributed by atoms with Crippen molar-refractivity contribution in [2.45, 2.75) is 31.7 Å². The highest BCUT2D eigenvalue weighted by Gasteiger charge is 2.45. The highest BCUT2D eigenvalue weighted by molar-refractivity contribution is 5.88. The summed E-state index contributed by atoms with van der Waals surface area (Å²) in [6, 6.07) is 0. The molecule has 3 heteroatoms. The first-order valence-corrected chi connectivity index (χ1v) is 5.30. The smallest absolute Gasteiger partial charge is 0.246 e. The number of ether oxygens (including phenoxy) is 1. The van der Waals surface area contributed by atoms with Crippen LogP contribution in [0, 0.1) is 0 Å². The molecule has 0 bridgehead atoms. The topological polar surface area (TPSA) is 29.5 Å². The minimum Gasteiger partial charge on any atom is -0.379 e. The number of carbonyl (C=O) groups excluding carboxylic acids is 1. The van der Waals surface area contributed by atoms with Crippen LogP contribution in [0.2, 0.25) is 0 Å². The van der Waals surface area contributed by atoms with E-state index in [0.29, 0.717) is 0 Å². The number of nitrogens with zero attached hydrogens (tertiary/aromatic N) is 1. The van der Waals surface area contributed by atoms with Crippen LogP contribution in [0.5, 0.6) is 0 Å². The average Bonchev–Trinajstić information content (AvgIpc) is 2.78. The lowest BCUT2D eigenvalue weighted by molar-refractivity contribution is -0.130. The van der Waals surface area contributed by atoms with Crippen LogP contribution in [0.15, 0.2) is 12.2 Å². The standard InChI is InChI=1S/C11H17NO2/c1-2-4-10(13)12-7-3-5-11(12)6-8-14-9-11/h2,4H,3,5-9H2,1H3/b4-2+. The summed E-state index contributed by atoms with van der Waals surface area (Å²) in [6.07, 6.45) is 6.70. The first kappa shape index (κ1) is 9.71. The van der Waals surface area contributed by atoms with Gasteiger partial charge in [0.25, 0.3) is 0 Å². The molecular weight excluding hydrogens is 178 g/mol. The molecule has 2 aliphatic heterocycles. The van der Waals surface area contributed by atoms with E-state index in [1.54, 1.807) is 6.08 Å².